The summed E-state index contributed by atoms with van der Waals surface area (Å²) in [6, 6.07) is 21.5. The maximum atomic E-state index is 6.31. The first-order valence-electron chi connectivity index (χ1n) is 9.60. The second kappa shape index (κ2) is 7.18. The Kier molecular flexibility index (Phi) is 4.85. The van der Waals surface area contributed by atoms with Gasteiger partial charge < -0.3 is 4.42 Å². The molecule has 0 aliphatic heterocycles. The van der Waals surface area contributed by atoms with Gasteiger partial charge in [0.1, 0.15) is 11.3 Å². The van der Waals surface area contributed by atoms with Crippen molar-refractivity contribution in [1.29, 1.82) is 0 Å². The van der Waals surface area contributed by atoms with Gasteiger partial charge in [0.15, 0.2) is 5.58 Å². The summed E-state index contributed by atoms with van der Waals surface area (Å²) in [5.41, 5.74) is 6.51. The summed E-state index contributed by atoms with van der Waals surface area (Å²) in [4.78, 5) is 4.54. The molecular formula is C25H26NOP. The summed E-state index contributed by atoms with van der Waals surface area (Å²) < 4.78 is 6.31. The fourth-order valence-corrected chi connectivity index (χ4v) is 4.13. The van der Waals surface area contributed by atoms with Crippen LogP contribution < -0.4 is 5.30 Å². The number of aromatic nitrogens is 1. The molecule has 0 atom stereocenters. The van der Waals surface area contributed by atoms with Gasteiger partial charge in [-0.05, 0) is 41.2 Å². The number of hydrogen-bond donors (Lipinski definition) is 0. The highest BCUT2D eigenvalue weighted by Gasteiger charge is 2.16. The van der Waals surface area contributed by atoms with Crippen molar-refractivity contribution in [1.82, 2.24) is 4.98 Å². The van der Waals surface area contributed by atoms with Gasteiger partial charge in [0, 0.05) is 23.4 Å². The number of pyridine rings is 1. The minimum absolute atomic E-state index is 0.0877. The Labute approximate surface area is 168 Å². The molecule has 4 aromatic rings. The van der Waals surface area contributed by atoms with Crippen LogP contribution in [0.1, 0.15) is 26.3 Å². The zero-order chi connectivity index (χ0) is 19.9. The molecule has 0 unspecified atom stereocenters. The van der Waals surface area contributed by atoms with Crippen LogP contribution in [-0.4, -0.2) is 18.3 Å². The summed E-state index contributed by atoms with van der Waals surface area (Å²) in [7, 11) is -0.0877. The maximum Gasteiger partial charge on any atom is 0.161 e. The molecule has 3 heteroatoms. The average molecular weight is 387 g/mol. The molecule has 0 N–H and O–H groups in total. The van der Waals surface area contributed by atoms with Crippen molar-refractivity contribution in [3.8, 4) is 22.5 Å². The molecule has 0 spiro atoms. The van der Waals surface area contributed by atoms with Crippen molar-refractivity contribution in [3.63, 3.8) is 0 Å². The SMILES string of the molecule is CP(C)c1ccc(-c2cc3nccc(-c4cccc(C(C)(C)C)c4)c3o2)cc1. The predicted octanol–water partition coefficient (Wildman–Crippen LogP) is 6.83. The third-order valence-electron chi connectivity index (χ3n) is 5.12. The number of rotatable bonds is 3. The first-order chi connectivity index (χ1) is 13.3. The number of nitrogens with zero attached hydrogens (tertiary/aromatic N) is 1. The van der Waals surface area contributed by atoms with Crippen LogP contribution >= 0.6 is 7.92 Å². The van der Waals surface area contributed by atoms with E-state index in [0.29, 0.717) is 0 Å². The first kappa shape index (κ1) is 18.9. The Bertz CT molecular complexity index is 1120. The Morgan fingerprint density at radius 1 is 0.857 bits per heavy atom. The minimum atomic E-state index is -0.0877. The summed E-state index contributed by atoms with van der Waals surface area (Å²) >= 11 is 0. The lowest BCUT2D eigenvalue weighted by atomic mass is 9.85. The normalized spacial score (nSPS) is 12.1. The molecule has 0 radical (unpaired) electrons. The van der Waals surface area contributed by atoms with Crippen LogP contribution in [-0.2, 0) is 5.41 Å². The number of furan rings is 1. The summed E-state index contributed by atoms with van der Waals surface area (Å²) in [6.07, 6.45) is 1.87. The lowest BCUT2D eigenvalue weighted by molar-refractivity contribution is 0.590. The zero-order valence-electron chi connectivity index (χ0n) is 17.2. The van der Waals surface area contributed by atoms with Crippen LogP contribution in [0.15, 0.2) is 71.3 Å². The second-order valence-corrected chi connectivity index (χ2v) is 10.8. The molecule has 0 bridgehead atoms. The molecule has 0 saturated heterocycles. The molecule has 0 aliphatic carbocycles. The van der Waals surface area contributed by atoms with Gasteiger partial charge in [0.25, 0.3) is 0 Å². The van der Waals surface area contributed by atoms with E-state index in [0.717, 1.165) is 28.0 Å². The van der Waals surface area contributed by atoms with Gasteiger partial charge in [-0.2, -0.15) is 0 Å². The molecule has 0 amide bonds. The smallest absolute Gasteiger partial charge is 0.161 e. The van der Waals surface area contributed by atoms with Crippen molar-refractivity contribution in [2.75, 3.05) is 13.3 Å². The number of fused-ring (bicyclic) bond motifs is 1. The van der Waals surface area contributed by atoms with Crippen molar-refractivity contribution in [3.05, 3.63) is 72.4 Å². The van der Waals surface area contributed by atoms with Crippen molar-refractivity contribution in [2.24, 2.45) is 0 Å². The summed E-state index contributed by atoms with van der Waals surface area (Å²) in [6.45, 7) is 11.3. The largest absolute Gasteiger partial charge is 0.454 e. The van der Waals surface area contributed by atoms with Crippen LogP contribution in [0.25, 0.3) is 33.6 Å². The molecule has 0 fully saturated rings. The van der Waals surface area contributed by atoms with Gasteiger partial charge in [-0.1, -0.05) is 77.2 Å². The third kappa shape index (κ3) is 3.62. The van der Waals surface area contributed by atoms with Gasteiger partial charge in [0.05, 0.1) is 0 Å². The highest BCUT2D eigenvalue weighted by molar-refractivity contribution is 7.64. The quantitative estimate of drug-likeness (QED) is 0.360. The standard InChI is InChI=1S/C25H26NOP/c1-25(2,3)19-8-6-7-18(15-19)21-13-14-26-22-16-23(27-24(21)22)17-9-11-20(12-10-17)28(4)5/h6-16H,1-5H3. The van der Waals surface area contributed by atoms with Crippen LogP contribution in [0.5, 0.6) is 0 Å². The second-order valence-electron chi connectivity index (χ2n) is 8.46. The minimum Gasteiger partial charge on any atom is -0.454 e. The van der Waals surface area contributed by atoms with Gasteiger partial charge in [-0.25, -0.2) is 0 Å². The van der Waals surface area contributed by atoms with E-state index in [1.54, 1.807) is 0 Å². The fourth-order valence-electron chi connectivity index (χ4n) is 3.38. The topological polar surface area (TPSA) is 26.0 Å². The Morgan fingerprint density at radius 2 is 1.61 bits per heavy atom. The number of benzene rings is 2. The lowest BCUT2D eigenvalue weighted by Crippen LogP contribution is -2.10. The molecule has 0 saturated carbocycles. The number of hydrogen-bond acceptors (Lipinski definition) is 2. The van der Waals surface area contributed by atoms with Gasteiger partial charge in [0.2, 0.25) is 0 Å². The van der Waals surface area contributed by atoms with Crippen LogP contribution in [0, 0.1) is 0 Å². The lowest BCUT2D eigenvalue weighted by Gasteiger charge is -2.19. The average Bonchev–Trinajstić information content (AvgIpc) is 3.12. The first-order valence-corrected chi connectivity index (χ1v) is 11.8. The summed E-state index contributed by atoms with van der Waals surface area (Å²) in [5, 5.41) is 1.40. The molecule has 2 heterocycles. The predicted molar refractivity (Wildman–Crippen MR) is 122 cm³/mol. The van der Waals surface area contributed by atoms with Crippen molar-refractivity contribution < 1.29 is 4.42 Å². The third-order valence-corrected chi connectivity index (χ3v) is 6.45. The van der Waals surface area contributed by atoms with Gasteiger partial charge >= 0.3 is 0 Å². The fraction of sp³-hybridized carbons (Fsp3) is 0.240. The Balaban J connectivity index is 1.80. The van der Waals surface area contributed by atoms with E-state index >= 15 is 0 Å². The molecule has 2 aromatic carbocycles. The summed E-state index contributed by atoms with van der Waals surface area (Å²) in [5.74, 6) is 0.866. The van der Waals surface area contributed by atoms with E-state index < -0.39 is 0 Å². The highest BCUT2D eigenvalue weighted by Crippen LogP contribution is 2.35. The van der Waals surface area contributed by atoms with E-state index in [1.165, 1.54) is 16.4 Å². The van der Waals surface area contributed by atoms with Gasteiger partial charge in [-0.15, -0.1) is 0 Å². The van der Waals surface area contributed by atoms with Crippen LogP contribution in [0.4, 0.5) is 0 Å². The maximum absolute atomic E-state index is 6.31. The molecule has 4 rings (SSSR count). The van der Waals surface area contributed by atoms with Crippen LogP contribution in [0.2, 0.25) is 0 Å². The molecule has 142 valence electrons. The van der Waals surface area contributed by atoms with Crippen molar-refractivity contribution in [2.45, 2.75) is 26.2 Å². The van der Waals surface area contributed by atoms with E-state index in [1.807, 2.05) is 18.3 Å². The molecule has 2 aromatic heterocycles. The van der Waals surface area contributed by atoms with Crippen LogP contribution in [0.3, 0.4) is 0 Å². The van der Waals surface area contributed by atoms with Gasteiger partial charge in [-0.3, -0.25) is 4.98 Å². The Morgan fingerprint density at radius 3 is 2.29 bits per heavy atom. The Hall–Kier alpha value is -2.44. The highest BCUT2D eigenvalue weighted by atomic mass is 31.1. The molecule has 0 aliphatic rings. The van der Waals surface area contributed by atoms with E-state index in [2.05, 4.69) is 87.6 Å². The van der Waals surface area contributed by atoms with Crippen molar-refractivity contribution >= 4 is 24.3 Å². The van der Waals surface area contributed by atoms with E-state index in [-0.39, 0.29) is 13.3 Å². The molecule has 28 heavy (non-hydrogen) atoms. The monoisotopic (exact) mass is 387 g/mol. The van der Waals surface area contributed by atoms with E-state index in [4.69, 9.17) is 4.42 Å². The zero-order valence-corrected chi connectivity index (χ0v) is 18.0. The molecular weight excluding hydrogens is 361 g/mol. The molecule has 2 nitrogen and oxygen atoms in total. The van der Waals surface area contributed by atoms with E-state index in [9.17, 15) is 0 Å².